The SMILES string of the molecule is CCOC(=O)C(C(C)C)C(O)C1CCCOC1. The van der Waals surface area contributed by atoms with Crippen molar-refractivity contribution in [2.24, 2.45) is 17.8 Å². The predicted octanol–water partition coefficient (Wildman–Crippen LogP) is 1.61. The predicted molar refractivity (Wildman–Crippen MR) is 64.5 cm³/mol. The molecule has 17 heavy (non-hydrogen) atoms. The first-order valence-corrected chi connectivity index (χ1v) is 6.50. The van der Waals surface area contributed by atoms with Gasteiger partial charge < -0.3 is 14.6 Å². The molecule has 0 radical (unpaired) electrons. The van der Waals surface area contributed by atoms with Crippen molar-refractivity contribution in [2.75, 3.05) is 19.8 Å². The maximum atomic E-state index is 11.8. The van der Waals surface area contributed by atoms with Crippen LogP contribution in [-0.4, -0.2) is 37.0 Å². The van der Waals surface area contributed by atoms with E-state index in [2.05, 4.69) is 0 Å². The van der Waals surface area contributed by atoms with Crippen molar-refractivity contribution in [3.05, 3.63) is 0 Å². The third kappa shape index (κ3) is 3.96. The fourth-order valence-electron chi connectivity index (χ4n) is 2.37. The van der Waals surface area contributed by atoms with Crippen LogP contribution in [0.2, 0.25) is 0 Å². The van der Waals surface area contributed by atoms with Gasteiger partial charge in [0, 0.05) is 12.5 Å². The molecule has 0 aromatic rings. The van der Waals surface area contributed by atoms with Gasteiger partial charge in [0.15, 0.2) is 0 Å². The highest BCUT2D eigenvalue weighted by molar-refractivity contribution is 5.73. The van der Waals surface area contributed by atoms with E-state index in [9.17, 15) is 9.90 Å². The summed E-state index contributed by atoms with van der Waals surface area (Å²) < 4.78 is 10.4. The first-order valence-electron chi connectivity index (χ1n) is 6.50. The summed E-state index contributed by atoms with van der Waals surface area (Å²) in [6, 6.07) is 0. The average molecular weight is 244 g/mol. The van der Waals surface area contributed by atoms with Crippen LogP contribution in [0.5, 0.6) is 0 Å². The highest BCUT2D eigenvalue weighted by atomic mass is 16.5. The second-order valence-corrected chi connectivity index (χ2v) is 4.99. The van der Waals surface area contributed by atoms with Gasteiger partial charge in [-0.2, -0.15) is 0 Å². The molecule has 0 bridgehead atoms. The Labute approximate surface area is 103 Å². The molecular weight excluding hydrogens is 220 g/mol. The van der Waals surface area contributed by atoms with Crippen molar-refractivity contribution in [3.8, 4) is 0 Å². The Hall–Kier alpha value is -0.610. The average Bonchev–Trinajstić information content (AvgIpc) is 2.30. The Morgan fingerprint density at radius 3 is 2.71 bits per heavy atom. The minimum absolute atomic E-state index is 0.0561. The summed E-state index contributed by atoms with van der Waals surface area (Å²) in [5.74, 6) is -0.603. The summed E-state index contributed by atoms with van der Waals surface area (Å²) in [6.07, 6.45) is 1.22. The standard InChI is InChI=1S/C13H24O4/c1-4-17-13(15)11(9(2)3)12(14)10-6-5-7-16-8-10/h9-12,14H,4-8H2,1-3H3. The molecule has 1 rings (SSSR count). The third-order valence-electron chi connectivity index (χ3n) is 3.32. The fraction of sp³-hybridized carbons (Fsp3) is 0.923. The van der Waals surface area contributed by atoms with Crippen molar-refractivity contribution < 1.29 is 19.4 Å². The van der Waals surface area contributed by atoms with Gasteiger partial charge >= 0.3 is 5.97 Å². The van der Waals surface area contributed by atoms with Gasteiger partial charge in [-0.15, -0.1) is 0 Å². The Kier molecular flexibility index (Phi) is 5.92. The quantitative estimate of drug-likeness (QED) is 0.746. The van der Waals surface area contributed by atoms with Crippen LogP contribution >= 0.6 is 0 Å². The molecule has 0 aromatic heterocycles. The molecule has 3 unspecified atom stereocenters. The maximum absolute atomic E-state index is 11.8. The van der Waals surface area contributed by atoms with E-state index in [4.69, 9.17) is 9.47 Å². The summed E-state index contributed by atoms with van der Waals surface area (Å²) in [5, 5.41) is 10.3. The smallest absolute Gasteiger partial charge is 0.311 e. The molecule has 1 N–H and O–H groups in total. The number of rotatable bonds is 5. The van der Waals surface area contributed by atoms with Crippen LogP contribution < -0.4 is 0 Å². The van der Waals surface area contributed by atoms with Gasteiger partial charge in [-0.25, -0.2) is 0 Å². The van der Waals surface area contributed by atoms with Gasteiger partial charge in [-0.3, -0.25) is 4.79 Å². The number of carbonyl (C=O) groups excluding carboxylic acids is 1. The molecule has 0 amide bonds. The molecular formula is C13H24O4. The zero-order chi connectivity index (χ0) is 12.8. The van der Waals surface area contributed by atoms with Crippen LogP contribution in [0.3, 0.4) is 0 Å². The van der Waals surface area contributed by atoms with Gasteiger partial charge in [-0.1, -0.05) is 13.8 Å². The fourth-order valence-corrected chi connectivity index (χ4v) is 2.37. The number of hydrogen-bond donors (Lipinski definition) is 1. The lowest BCUT2D eigenvalue weighted by Crippen LogP contribution is -2.41. The molecule has 3 atom stereocenters. The summed E-state index contributed by atoms with van der Waals surface area (Å²) in [7, 11) is 0. The Morgan fingerprint density at radius 1 is 1.53 bits per heavy atom. The first-order chi connectivity index (χ1) is 8.07. The van der Waals surface area contributed by atoms with Crippen molar-refractivity contribution >= 4 is 5.97 Å². The Bertz CT molecular complexity index is 234. The van der Waals surface area contributed by atoms with E-state index >= 15 is 0 Å². The third-order valence-corrected chi connectivity index (χ3v) is 3.32. The van der Waals surface area contributed by atoms with Crippen LogP contribution in [0.4, 0.5) is 0 Å². The zero-order valence-corrected chi connectivity index (χ0v) is 11.0. The molecule has 100 valence electrons. The lowest BCUT2D eigenvalue weighted by molar-refractivity contribution is -0.157. The molecule has 0 saturated carbocycles. The van der Waals surface area contributed by atoms with E-state index in [0.29, 0.717) is 13.2 Å². The molecule has 4 heteroatoms. The number of carbonyl (C=O) groups is 1. The second kappa shape index (κ2) is 6.97. The Balaban J connectivity index is 2.64. The van der Waals surface area contributed by atoms with Crippen molar-refractivity contribution in [1.82, 2.24) is 0 Å². The molecule has 0 spiro atoms. The number of esters is 1. The number of aliphatic hydroxyl groups excluding tert-OH is 1. The molecule has 1 fully saturated rings. The molecule has 1 heterocycles. The lowest BCUT2D eigenvalue weighted by Gasteiger charge is -2.32. The largest absolute Gasteiger partial charge is 0.466 e. The topological polar surface area (TPSA) is 55.8 Å². The van der Waals surface area contributed by atoms with Gasteiger partial charge in [0.1, 0.15) is 0 Å². The van der Waals surface area contributed by atoms with E-state index in [1.807, 2.05) is 13.8 Å². The number of hydrogen-bond acceptors (Lipinski definition) is 4. The van der Waals surface area contributed by atoms with Gasteiger partial charge in [-0.05, 0) is 25.7 Å². The van der Waals surface area contributed by atoms with Crippen LogP contribution in [0.1, 0.15) is 33.6 Å². The first kappa shape index (κ1) is 14.5. The molecule has 0 aliphatic carbocycles. The molecule has 1 saturated heterocycles. The summed E-state index contributed by atoms with van der Waals surface area (Å²) >= 11 is 0. The normalized spacial score (nSPS) is 24.4. The molecule has 1 aliphatic rings. The minimum Gasteiger partial charge on any atom is -0.466 e. The van der Waals surface area contributed by atoms with Crippen LogP contribution in [0.25, 0.3) is 0 Å². The van der Waals surface area contributed by atoms with E-state index in [1.54, 1.807) is 6.92 Å². The molecule has 1 aliphatic heterocycles. The van der Waals surface area contributed by atoms with Gasteiger partial charge in [0.05, 0.1) is 25.2 Å². The highest BCUT2D eigenvalue weighted by Gasteiger charge is 2.36. The van der Waals surface area contributed by atoms with Crippen molar-refractivity contribution in [2.45, 2.75) is 39.7 Å². The molecule has 0 aromatic carbocycles. The minimum atomic E-state index is -0.658. The van der Waals surface area contributed by atoms with Crippen LogP contribution in [-0.2, 0) is 14.3 Å². The van der Waals surface area contributed by atoms with E-state index in [0.717, 1.165) is 19.4 Å². The number of aliphatic hydroxyl groups is 1. The van der Waals surface area contributed by atoms with Crippen molar-refractivity contribution in [1.29, 1.82) is 0 Å². The van der Waals surface area contributed by atoms with Gasteiger partial charge in [0.25, 0.3) is 0 Å². The van der Waals surface area contributed by atoms with Crippen LogP contribution in [0, 0.1) is 17.8 Å². The molecule has 4 nitrogen and oxygen atoms in total. The number of ether oxygens (including phenoxy) is 2. The van der Waals surface area contributed by atoms with Gasteiger partial charge in [0.2, 0.25) is 0 Å². The zero-order valence-electron chi connectivity index (χ0n) is 11.0. The highest BCUT2D eigenvalue weighted by Crippen LogP contribution is 2.27. The summed E-state index contributed by atoms with van der Waals surface area (Å²) in [4.78, 5) is 11.8. The van der Waals surface area contributed by atoms with E-state index in [-0.39, 0.29) is 17.8 Å². The summed E-state index contributed by atoms with van der Waals surface area (Å²) in [5.41, 5.74) is 0. The van der Waals surface area contributed by atoms with Crippen molar-refractivity contribution in [3.63, 3.8) is 0 Å². The summed E-state index contributed by atoms with van der Waals surface area (Å²) in [6.45, 7) is 7.32. The monoisotopic (exact) mass is 244 g/mol. The van der Waals surface area contributed by atoms with E-state index < -0.39 is 12.0 Å². The Morgan fingerprint density at radius 2 is 2.24 bits per heavy atom. The maximum Gasteiger partial charge on any atom is 0.311 e. The van der Waals surface area contributed by atoms with E-state index in [1.165, 1.54) is 0 Å². The second-order valence-electron chi connectivity index (χ2n) is 4.99. The van der Waals surface area contributed by atoms with Crippen LogP contribution in [0.15, 0.2) is 0 Å². The lowest BCUT2D eigenvalue weighted by atomic mass is 9.81.